The van der Waals surface area contributed by atoms with Gasteiger partial charge in [-0.05, 0) is 118 Å². The summed E-state index contributed by atoms with van der Waals surface area (Å²) in [5, 5.41) is 10.1. The van der Waals surface area contributed by atoms with Gasteiger partial charge in [-0.15, -0.1) is 34.0 Å². The zero-order valence-electron chi connectivity index (χ0n) is 38.0. The van der Waals surface area contributed by atoms with Crippen molar-refractivity contribution in [3.8, 4) is 11.1 Å². The molecule has 0 fully saturated rings. The van der Waals surface area contributed by atoms with Crippen LogP contribution in [0.15, 0.2) is 210 Å². The average molecular weight is 954 g/mol. The maximum Gasteiger partial charge on any atom is 0.248 e. The minimum absolute atomic E-state index is 0.0787. The van der Waals surface area contributed by atoms with Gasteiger partial charge in [0.25, 0.3) is 0 Å². The van der Waals surface area contributed by atoms with Crippen molar-refractivity contribution in [2.45, 2.75) is 12.3 Å². The molecule has 0 spiro atoms. The van der Waals surface area contributed by atoms with Crippen LogP contribution in [0.25, 0.3) is 88.1 Å². The molecule has 71 heavy (non-hydrogen) atoms. The maximum atomic E-state index is 5.95. The SMILES string of the molecule is C1=C2N=C(c3ccc4sc5ccccc5c4c3)N=C(c3cccc4ccccc34)C(C1)c1ccc3sc4cccc(c4c3c1)N1c3cc2cc2c3B(c3ccccc3-2)c2ccc3sc4ccccc4c3c21. The Hall–Kier alpha value is -7.94. The van der Waals surface area contributed by atoms with Crippen LogP contribution in [0.3, 0.4) is 0 Å². The lowest BCUT2D eigenvalue weighted by atomic mass is 9.37. The fourth-order valence-electron chi connectivity index (χ4n) is 12.7. The summed E-state index contributed by atoms with van der Waals surface area (Å²) in [7, 11) is 0. The topological polar surface area (TPSA) is 28.0 Å². The lowest BCUT2D eigenvalue weighted by Crippen LogP contribution is -2.54. The second-order valence-corrected chi connectivity index (χ2v) is 22.7. The minimum atomic E-state index is -0.0809. The third-order valence-electron chi connectivity index (χ3n) is 15.8. The first-order valence-corrected chi connectivity index (χ1v) is 26.9. The molecule has 0 amide bonds. The van der Waals surface area contributed by atoms with Crippen LogP contribution >= 0.6 is 34.0 Å². The highest BCUT2D eigenvalue weighted by molar-refractivity contribution is 7.26. The Labute approximate surface area is 420 Å². The third kappa shape index (κ3) is 5.38. The van der Waals surface area contributed by atoms with E-state index in [9.17, 15) is 0 Å². The third-order valence-corrected chi connectivity index (χ3v) is 19.2. The number of nitrogens with zero attached hydrogens (tertiary/aromatic N) is 3. The van der Waals surface area contributed by atoms with Gasteiger partial charge in [0.05, 0.1) is 22.8 Å². The summed E-state index contributed by atoms with van der Waals surface area (Å²) < 4.78 is 7.74. The Bertz CT molecular complexity index is 4660. The molecule has 10 aromatic carbocycles. The predicted octanol–water partition coefficient (Wildman–Crippen LogP) is 16.0. The first-order chi connectivity index (χ1) is 35.2. The van der Waals surface area contributed by atoms with Gasteiger partial charge < -0.3 is 4.90 Å². The molecule has 0 radical (unpaired) electrons. The highest BCUT2D eigenvalue weighted by Gasteiger charge is 2.44. The molecule has 328 valence electrons. The van der Waals surface area contributed by atoms with Crippen LogP contribution in [0.4, 0.5) is 17.1 Å². The number of hydrogen-bond donors (Lipinski definition) is 0. The monoisotopic (exact) mass is 953 g/mol. The molecule has 0 saturated heterocycles. The largest absolute Gasteiger partial charge is 0.310 e. The first-order valence-electron chi connectivity index (χ1n) is 24.4. The lowest BCUT2D eigenvalue weighted by molar-refractivity contribution is 0.909. The zero-order valence-corrected chi connectivity index (χ0v) is 40.4. The summed E-state index contributed by atoms with van der Waals surface area (Å²) >= 11 is 5.64. The summed E-state index contributed by atoms with van der Waals surface area (Å²) in [5.41, 5.74) is 16.9. The van der Waals surface area contributed by atoms with Crippen LogP contribution in [0, 0.1) is 0 Å². The number of aliphatic imine (C=N–C) groups is 2. The van der Waals surface area contributed by atoms with Crippen LogP contribution < -0.4 is 21.3 Å². The summed E-state index contributed by atoms with van der Waals surface area (Å²) in [6, 6.07) is 73.3. The zero-order chi connectivity index (χ0) is 46.1. The molecule has 17 rings (SSSR count). The Balaban J connectivity index is 1.04. The summed E-state index contributed by atoms with van der Waals surface area (Å²) in [6.45, 7) is 0.0787. The van der Waals surface area contributed by atoms with Gasteiger partial charge in [0.15, 0.2) is 5.84 Å². The molecule has 6 bridgehead atoms. The van der Waals surface area contributed by atoms with Crippen molar-refractivity contribution in [3.63, 3.8) is 0 Å². The van der Waals surface area contributed by atoms with Crippen LogP contribution in [0.2, 0.25) is 0 Å². The van der Waals surface area contributed by atoms with Crippen molar-refractivity contribution in [2.75, 3.05) is 4.90 Å². The molecule has 4 aliphatic rings. The van der Waals surface area contributed by atoms with E-state index < -0.39 is 0 Å². The highest BCUT2D eigenvalue weighted by Crippen LogP contribution is 2.52. The van der Waals surface area contributed by atoms with Crippen molar-refractivity contribution in [3.05, 3.63) is 222 Å². The van der Waals surface area contributed by atoms with Gasteiger partial charge >= 0.3 is 0 Å². The van der Waals surface area contributed by atoms with Gasteiger partial charge in [0.1, 0.15) is 0 Å². The normalized spacial score (nSPS) is 15.6. The molecular weight excluding hydrogens is 918 g/mol. The van der Waals surface area contributed by atoms with E-state index >= 15 is 0 Å². The Kier molecular flexibility index (Phi) is 7.85. The smallest absolute Gasteiger partial charge is 0.248 e. The average Bonchev–Trinajstić information content (AvgIpc) is 4.18. The van der Waals surface area contributed by atoms with Crippen LogP contribution in [0.1, 0.15) is 34.6 Å². The number of benzene rings is 10. The first kappa shape index (κ1) is 38.9. The van der Waals surface area contributed by atoms with E-state index in [1.807, 2.05) is 34.0 Å². The van der Waals surface area contributed by atoms with Gasteiger partial charge in [-0.2, -0.15) is 0 Å². The minimum Gasteiger partial charge on any atom is -0.310 e. The molecular formula is C64H36BN3S3. The van der Waals surface area contributed by atoms with E-state index in [2.05, 4.69) is 205 Å². The second-order valence-electron chi connectivity index (χ2n) is 19.4. The molecule has 13 aromatic rings. The molecule has 0 aliphatic carbocycles. The molecule has 0 N–H and O–H groups in total. The molecule has 1 atom stereocenters. The van der Waals surface area contributed by atoms with Crippen molar-refractivity contribution in [1.29, 1.82) is 0 Å². The number of anilines is 3. The number of amidine groups is 1. The van der Waals surface area contributed by atoms with Crippen molar-refractivity contribution in [1.82, 2.24) is 0 Å². The second kappa shape index (κ2) is 14.3. The van der Waals surface area contributed by atoms with E-state index in [0.29, 0.717) is 0 Å². The van der Waals surface area contributed by atoms with Crippen LogP contribution in [0.5, 0.6) is 0 Å². The van der Waals surface area contributed by atoms with Crippen LogP contribution in [-0.4, -0.2) is 18.3 Å². The van der Waals surface area contributed by atoms with Crippen molar-refractivity contribution < 1.29 is 0 Å². The van der Waals surface area contributed by atoms with Gasteiger partial charge in [-0.25, -0.2) is 9.98 Å². The molecule has 4 aliphatic heterocycles. The van der Waals surface area contributed by atoms with E-state index in [1.54, 1.807) is 0 Å². The summed E-state index contributed by atoms with van der Waals surface area (Å²) in [6.07, 6.45) is 3.16. The van der Waals surface area contributed by atoms with Gasteiger partial charge in [-0.1, -0.05) is 133 Å². The van der Waals surface area contributed by atoms with Crippen molar-refractivity contribution in [2.24, 2.45) is 9.98 Å². The number of fused-ring (bicyclic) bond motifs is 21. The molecule has 7 heterocycles. The fourth-order valence-corrected chi connectivity index (χ4v) is 16.0. The van der Waals surface area contributed by atoms with E-state index in [1.165, 1.54) is 121 Å². The standard InChI is InChI=1S/C64H36BN3S3/c1-2-13-39-35(11-1)12-9-17-43(39)62-40-25-27-50(66-64(67-62)37-24-29-55-45(32-37)42-15-4-7-20-53(42)69-55)38-33-46-41-14-3-6-18-48(41)65-49-26-30-58-60(44-16-5-8-21-54(44)70-58)63(49)68(52(34-38)61(46)65)51-19-10-22-57-59(51)47-31-36(40)23-28-56(47)71-57/h1-24,26-34,40H,25H2. The molecule has 0 saturated carbocycles. The quantitative estimate of drug-likeness (QED) is 0.159. The number of thiophene rings is 3. The lowest BCUT2D eigenvalue weighted by Gasteiger charge is -2.37. The van der Waals surface area contributed by atoms with E-state index in [4.69, 9.17) is 9.98 Å². The Morgan fingerprint density at radius 3 is 2.07 bits per heavy atom. The van der Waals surface area contributed by atoms with Gasteiger partial charge in [0, 0.05) is 88.8 Å². The fraction of sp³-hybridized carbons (Fsp3) is 0.0312. The van der Waals surface area contributed by atoms with E-state index in [0.717, 1.165) is 40.4 Å². The molecule has 7 heteroatoms. The summed E-state index contributed by atoms with van der Waals surface area (Å²) in [5.74, 6) is 0.641. The summed E-state index contributed by atoms with van der Waals surface area (Å²) in [4.78, 5) is 14.5. The van der Waals surface area contributed by atoms with E-state index in [-0.39, 0.29) is 12.6 Å². The molecule has 3 nitrogen and oxygen atoms in total. The molecule has 3 aromatic heterocycles. The molecule has 1 unspecified atom stereocenters. The van der Waals surface area contributed by atoms with Crippen LogP contribution in [-0.2, 0) is 0 Å². The number of rotatable bonds is 2. The number of allylic oxidation sites excluding steroid dienone is 1. The number of hydrogen-bond acceptors (Lipinski definition) is 6. The maximum absolute atomic E-state index is 5.95. The van der Waals surface area contributed by atoms with Gasteiger partial charge in [0.2, 0.25) is 6.71 Å². The predicted molar refractivity (Wildman–Crippen MR) is 309 cm³/mol. The Morgan fingerprint density at radius 2 is 1.14 bits per heavy atom. The van der Waals surface area contributed by atoms with Gasteiger partial charge in [-0.3, -0.25) is 0 Å². The highest BCUT2D eigenvalue weighted by atomic mass is 32.1. The Morgan fingerprint density at radius 1 is 0.451 bits per heavy atom. The van der Waals surface area contributed by atoms with Crippen molar-refractivity contribution >= 4 is 163 Å².